The van der Waals surface area contributed by atoms with Gasteiger partial charge in [0.15, 0.2) is 17.5 Å². The van der Waals surface area contributed by atoms with Gasteiger partial charge in [-0.05, 0) is 51.4 Å². The zero-order valence-corrected chi connectivity index (χ0v) is 26.2. The number of nitrogens with zero attached hydrogens (tertiary/aromatic N) is 4. The Hall–Kier alpha value is -6.72. The van der Waals surface area contributed by atoms with E-state index in [1.807, 2.05) is 72.9 Å². The number of fused-ring (bicyclic) bond motifs is 8. The Kier molecular flexibility index (Phi) is 6.11. The lowest BCUT2D eigenvalue weighted by Gasteiger charge is -2.13. The third-order valence-electron chi connectivity index (χ3n) is 9.36. The third-order valence-corrected chi connectivity index (χ3v) is 9.36. The van der Waals surface area contributed by atoms with Crippen molar-refractivity contribution in [3.63, 3.8) is 0 Å². The summed E-state index contributed by atoms with van der Waals surface area (Å²) in [6.45, 7) is 0. The average molecular weight is 627 g/mol. The number of hydrogen-bond acceptors (Lipinski definition) is 5. The van der Waals surface area contributed by atoms with Gasteiger partial charge < -0.3 is 4.42 Å². The summed E-state index contributed by atoms with van der Waals surface area (Å²) in [4.78, 5) is 20.0. The highest BCUT2D eigenvalue weighted by Gasteiger charge is 2.18. The van der Waals surface area contributed by atoms with Crippen LogP contribution in [-0.4, -0.2) is 19.9 Å². The molecule has 0 bridgehead atoms. The van der Waals surface area contributed by atoms with Gasteiger partial charge in [0.1, 0.15) is 11.2 Å². The summed E-state index contributed by atoms with van der Waals surface area (Å²) in [5, 5.41) is 8.05. The first-order valence-corrected chi connectivity index (χ1v) is 16.3. The standard InChI is InChI=1S/C44H26N4O/c1-2-11-29(12-3-1)42-46-43(48-44(47-42)35-15-8-18-38-40(35)33-14-6-7-17-37(33)49-38)30-22-19-28(20-23-30)36-26-31-24-21-27-10-4-5-13-32(27)39(31)34-16-9-25-45-41(34)36/h1-26H. The van der Waals surface area contributed by atoms with Gasteiger partial charge in [0.2, 0.25) is 0 Å². The van der Waals surface area contributed by atoms with Crippen LogP contribution in [0.25, 0.3) is 99.7 Å². The molecule has 10 aromatic rings. The van der Waals surface area contributed by atoms with Crippen molar-refractivity contribution >= 4 is 54.4 Å². The molecule has 0 amide bonds. The summed E-state index contributed by atoms with van der Waals surface area (Å²) in [5.41, 5.74) is 7.51. The van der Waals surface area contributed by atoms with Crippen LogP contribution in [0.2, 0.25) is 0 Å². The Balaban J connectivity index is 1.14. The van der Waals surface area contributed by atoms with Gasteiger partial charge in [0, 0.05) is 44.6 Å². The van der Waals surface area contributed by atoms with Crippen LogP contribution in [0.4, 0.5) is 0 Å². The van der Waals surface area contributed by atoms with Crippen LogP contribution in [-0.2, 0) is 0 Å². The van der Waals surface area contributed by atoms with Crippen molar-refractivity contribution in [3.05, 3.63) is 158 Å². The van der Waals surface area contributed by atoms with E-state index in [1.165, 1.54) is 21.5 Å². The number of hydrogen-bond donors (Lipinski definition) is 0. The van der Waals surface area contributed by atoms with Gasteiger partial charge in [-0.25, -0.2) is 15.0 Å². The van der Waals surface area contributed by atoms with Gasteiger partial charge in [-0.2, -0.15) is 0 Å². The molecule has 3 heterocycles. The highest BCUT2D eigenvalue weighted by Crippen LogP contribution is 2.39. The molecule has 0 radical (unpaired) electrons. The first-order chi connectivity index (χ1) is 24.3. The summed E-state index contributed by atoms with van der Waals surface area (Å²) < 4.78 is 6.20. The molecular weight excluding hydrogens is 601 g/mol. The van der Waals surface area contributed by atoms with Crippen LogP contribution in [0.5, 0.6) is 0 Å². The van der Waals surface area contributed by atoms with Crippen LogP contribution in [0, 0.1) is 0 Å². The van der Waals surface area contributed by atoms with E-state index >= 15 is 0 Å². The fourth-order valence-corrected chi connectivity index (χ4v) is 7.08. The number of benzene rings is 7. The second kappa shape index (κ2) is 10.9. The molecule has 0 atom stereocenters. The smallest absolute Gasteiger partial charge is 0.164 e. The van der Waals surface area contributed by atoms with E-state index in [0.717, 1.165) is 60.7 Å². The Morgan fingerprint density at radius 3 is 1.90 bits per heavy atom. The molecule has 0 aliphatic heterocycles. The molecule has 0 spiro atoms. The van der Waals surface area contributed by atoms with Crippen molar-refractivity contribution < 1.29 is 4.42 Å². The molecule has 7 aromatic carbocycles. The maximum Gasteiger partial charge on any atom is 0.164 e. The highest BCUT2D eigenvalue weighted by atomic mass is 16.3. The number of pyridine rings is 1. The lowest BCUT2D eigenvalue weighted by Crippen LogP contribution is -2.00. The van der Waals surface area contributed by atoms with Crippen molar-refractivity contribution in [2.75, 3.05) is 0 Å². The monoisotopic (exact) mass is 626 g/mol. The lowest BCUT2D eigenvalue weighted by molar-refractivity contribution is 0.669. The van der Waals surface area contributed by atoms with Crippen molar-refractivity contribution in [2.45, 2.75) is 0 Å². The van der Waals surface area contributed by atoms with Crippen LogP contribution in [0.1, 0.15) is 0 Å². The number of furan rings is 1. The minimum Gasteiger partial charge on any atom is -0.456 e. The third kappa shape index (κ3) is 4.48. The first kappa shape index (κ1) is 27.4. The molecule has 0 aliphatic carbocycles. The van der Waals surface area contributed by atoms with Gasteiger partial charge in [-0.3, -0.25) is 4.98 Å². The largest absolute Gasteiger partial charge is 0.456 e. The second-order valence-corrected chi connectivity index (χ2v) is 12.2. The summed E-state index contributed by atoms with van der Waals surface area (Å²) in [6, 6.07) is 52.1. The average Bonchev–Trinajstić information content (AvgIpc) is 3.57. The topological polar surface area (TPSA) is 64.7 Å². The molecule has 0 saturated carbocycles. The van der Waals surface area contributed by atoms with Crippen molar-refractivity contribution in [3.8, 4) is 45.3 Å². The van der Waals surface area contributed by atoms with E-state index in [0.29, 0.717) is 17.5 Å². The first-order valence-electron chi connectivity index (χ1n) is 16.3. The van der Waals surface area contributed by atoms with E-state index in [1.54, 1.807) is 0 Å². The van der Waals surface area contributed by atoms with E-state index < -0.39 is 0 Å². The van der Waals surface area contributed by atoms with Gasteiger partial charge in [0.05, 0.1) is 5.52 Å². The maximum atomic E-state index is 6.20. The molecule has 10 rings (SSSR count). The summed E-state index contributed by atoms with van der Waals surface area (Å²) in [5.74, 6) is 1.82. The molecule has 228 valence electrons. The van der Waals surface area contributed by atoms with Crippen molar-refractivity contribution in [1.82, 2.24) is 19.9 Å². The molecule has 49 heavy (non-hydrogen) atoms. The van der Waals surface area contributed by atoms with E-state index in [-0.39, 0.29) is 0 Å². The van der Waals surface area contributed by atoms with Crippen LogP contribution < -0.4 is 0 Å². The number of aromatic nitrogens is 4. The summed E-state index contributed by atoms with van der Waals surface area (Å²) >= 11 is 0. The minimum absolute atomic E-state index is 0.599. The SMILES string of the molecule is c1ccc(-c2nc(-c3ccc(-c4cc5ccc6ccccc6c5c5cccnc45)cc3)nc(-c3cccc4oc5ccccc5c34)n2)cc1. The predicted octanol–water partition coefficient (Wildman–Crippen LogP) is 11.3. The minimum atomic E-state index is 0.599. The molecule has 0 N–H and O–H groups in total. The molecule has 5 nitrogen and oxygen atoms in total. The van der Waals surface area contributed by atoms with E-state index in [9.17, 15) is 0 Å². The number of para-hydroxylation sites is 1. The second-order valence-electron chi connectivity index (χ2n) is 12.2. The zero-order chi connectivity index (χ0) is 32.3. The Labute approximate surface area is 281 Å². The van der Waals surface area contributed by atoms with Gasteiger partial charge in [0.25, 0.3) is 0 Å². The highest BCUT2D eigenvalue weighted by molar-refractivity contribution is 6.22. The lowest BCUT2D eigenvalue weighted by atomic mass is 9.93. The summed E-state index contributed by atoms with van der Waals surface area (Å²) in [6.07, 6.45) is 1.87. The molecule has 5 heteroatoms. The zero-order valence-electron chi connectivity index (χ0n) is 26.2. The molecule has 0 aliphatic rings. The van der Waals surface area contributed by atoms with Gasteiger partial charge in [-0.1, -0.05) is 127 Å². The van der Waals surface area contributed by atoms with Crippen molar-refractivity contribution in [1.29, 1.82) is 0 Å². The molecule has 0 unspecified atom stereocenters. The Morgan fingerprint density at radius 2 is 1.04 bits per heavy atom. The van der Waals surface area contributed by atoms with Crippen LogP contribution in [0.3, 0.4) is 0 Å². The Bertz CT molecular complexity index is 2880. The van der Waals surface area contributed by atoms with Gasteiger partial charge in [-0.15, -0.1) is 0 Å². The summed E-state index contributed by atoms with van der Waals surface area (Å²) in [7, 11) is 0. The molecule has 0 fully saturated rings. The fraction of sp³-hybridized carbons (Fsp3) is 0. The van der Waals surface area contributed by atoms with E-state index in [4.69, 9.17) is 24.4 Å². The molecule has 3 aromatic heterocycles. The van der Waals surface area contributed by atoms with Crippen molar-refractivity contribution in [2.24, 2.45) is 0 Å². The van der Waals surface area contributed by atoms with Crippen LogP contribution in [0.15, 0.2) is 162 Å². The van der Waals surface area contributed by atoms with Crippen LogP contribution >= 0.6 is 0 Å². The number of rotatable bonds is 4. The molecular formula is C44H26N4O. The van der Waals surface area contributed by atoms with E-state index in [2.05, 4.69) is 84.9 Å². The Morgan fingerprint density at radius 1 is 0.388 bits per heavy atom. The molecule has 0 saturated heterocycles. The predicted molar refractivity (Wildman–Crippen MR) is 199 cm³/mol. The normalized spacial score (nSPS) is 11.7. The quantitative estimate of drug-likeness (QED) is 0.182. The van der Waals surface area contributed by atoms with Gasteiger partial charge >= 0.3 is 0 Å². The fourth-order valence-electron chi connectivity index (χ4n) is 7.08. The maximum absolute atomic E-state index is 6.20.